The third kappa shape index (κ3) is 3.67. The summed E-state index contributed by atoms with van der Waals surface area (Å²) < 4.78 is 66.3. The van der Waals surface area contributed by atoms with Gasteiger partial charge >= 0.3 is 6.18 Å². The molecular weight excluding hydrogens is 389 g/mol. The van der Waals surface area contributed by atoms with Crippen LogP contribution in [0.4, 0.5) is 18.9 Å². The van der Waals surface area contributed by atoms with Gasteiger partial charge in [0.05, 0.1) is 10.6 Å². The van der Waals surface area contributed by atoms with Crippen molar-refractivity contribution in [1.82, 2.24) is 4.31 Å². The third-order valence-electron chi connectivity index (χ3n) is 4.24. The van der Waals surface area contributed by atoms with Crippen molar-refractivity contribution in [2.45, 2.75) is 11.1 Å². The Bertz CT molecular complexity index is 895. The zero-order chi connectivity index (χ0) is 18.9. The molecule has 0 bridgehead atoms. The van der Waals surface area contributed by atoms with Gasteiger partial charge in [-0.25, -0.2) is 8.42 Å². The highest BCUT2D eigenvalue weighted by Gasteiger charge is 2.36. The number of hydrogen-bond acceptors (Lipinski definition) is 3. The maximum atomic E-state index is 13.2. The fourth-order valence-corrected chi connectivity index (χ4v) is 4.87. The van der Waals surface area contributed by atoms with E-state index in [9.17, 15) is 21.6 Å². The van der Waals surface area contributed by atoms with E-state index in [-0.39, 0.29) is 41.8 Å². The summed E-state index contributed by atoms with van der Waals surface area (Å²) in [5.41, 5.74) is -0.655. The van der Waals surface area contributed by atoms with Crippen LogP contribution in [0.1, 0.15) is 5.56 Å². The van der Waals surface area contributed by atoms with Crippen LogP contribution in [0.25, 0.3) is 0 Å². The van der Waals surface area contributed by atoms with E-state index >= 15 is 0 Å². The lowest BCUT2D eigenvalue weighted by Crippen LogP contribution is -2.49. The van der Waals surface area contributed by atoms with Gasteiger partial charge in [-0.05, 0) is 24.3 Å². The van der Waals surface area contributed by atoms with E-state index in [1.54, 1.807) is 17.0 Å². The highest BCUT2D eigenvalue weighted by Crippen LogP contribution is 2.37. The maximum Gasteiger partial charge on any atom is 0.418 e. The van der Waals surface area contributed by atoms with Gasteiger partial charge in [0.15, 0.2) is 0 Å². The maximum absolute atomic E-state index is 13.2. The molecule has 1 saturated heterocycles. The minimum absolute atomic E-state index is 0.00538. The van der Waals surface area contributed by atoms with Gasteiger partial charge in [-0.15, -0.1) is 0 Å². The Morgan fingerprint density at radius 1 is 0.885 bits per heavy atom. The second kappa shape index (κ2) is 7.09. The van der Waals surface area contributed by atoms with Crippen molar-refractivity contribution >= 4 is 27.3 Å². The summed E-state index contributed by atoms with van der Waals surface area (Å²) in [6, 6.07) is 11.4. The lowest BCUT2D eigenvalue weighted by atomic mass is 10.1. The molecule has 1 heterocycles. The molecule has 0 aromatic heterocycles. The van der Waals surface area contributed by atoms with Gasteiger partial charge in [-0.3, -0.25) is 0 Å². The van der Waals surface area contributed by atoms with Gasteiger partial charge in [0, 0.05) is 31.9 Å². The molecular formula is C17H16ClF3N2O2S. The molecule has 9 heteroatoms. The van der Waals surface area contributed by atoms with Crippen LogP contribution in [0.3, 0.4) is 0 Å². The standard InChI is InChI=1S/C17H16ClF3N2O2S/c18-14-6-2-4-8-16(14)26(24,25)23-11-9-22(10-12-23)15-7-3-1-5-13(15)17(19,20)21/h1-8H,9-12H2. The van der Waals surface area contributed by atoms with Crippen molar-refractivity contribution in [3.63, 3.8) is 0 Å². The molecule has 0 spiro atoms. The second-order valence-corrected chi connectivity index (χ2v) is 8.15. The Balaban J connectivity index is 1.80. The Hall–Kier alpha value is -1.77. The molecule has 4 nitrogen and oxygen atoms in total. The molecule has 0 N–H and O–H groups in total. The summed E-state index contributed by atoms with van der Waals surface area (Å²) in [6.07, 6.45) is -4.46. The summed E-state index contributed by atoms with van der Waals surface area (Å²) in [5, 5.41) is 0.123. The monoisotopic (exact) mass is 404 g/mol. The largest absolute Gasteiger partial charge is 0.418 e. The second-order valence-electron chi connectivity index (χ2n) is 5.84. The predicted molar refractivity (Wildman–Crippen MR) is 93.9 cm³/mol. The van der Waals surface area contributed by atoms with E-state index in [4.69, 9.17) is 11.6 Å². The topological polar surface area (TPSA) is 40.6 Å². The van der Waals surface area contributed by atoms with Crippen molar-refractivity contribution in [3.8, 4) is 0 Å². The first kappa shape index (κ1) is 19.0. The van der Waals surface area contributed by atoms with Gasteiger partial charge in [0.25, 0.3) is 0 Å². The highest BCUT2D eigenvalue weighted by atomic mass is 35.5. The van der Waals surface area contributed by atoms with Gasteiger partial charge < -0.3 is 4.90 Å². The van der Waals surface area contributed by atoms with Crippen molar-refractivity contribution in [2.75, 3.05) is 31.1 Å². The van der Waals surface area contributed by atoms with Crippen LogP contribution in [0, 0.1) is 0 Å². The number of benzene rings is 2. The first-order chi connectivity index (χ1) is 12.2. The number of halogens is 4. The Morgan fingerprint density at radius 3 is 2.08 bits per heavy atom. The SMILES string of the molecule is O=S(=O)(c1ccccc1Cl)N1CCN(c2ccccc2C(F)(F)F)CC1. The molecule has 3 rings (SSSR count). The Kier molecular flexibility index (Phi) is 5.18. The number of anilines is 1. The van der Waals surface area contributed by atoms with Crippen LogP contribution in [0.15, 0.2) is 53.4 Å². The third-order valence-corrected chi connectivity index (χ3v) is 6.64. The highest BCUT2D eigenvalue weighted by molar-refractivity contribution is 7.89. The van der Waals surface area contributed by atoms with E-state index < -0.39 is 21.8 Å². The number of piperazine rings is 1. The number of hydrogen-bond donors (Lipinski definition) is 0. The number of alkyl halides is 3. The molecule has 2 aromatic carbocycles. The zero-order valence-corrected chi connectivity index (χ0v) is 15.2. The van der Waals surface area contributed by atoms with Crippen molar-refractivity contribution in [2.24, 2.45) is 0 Å². The normalized spacial score (nSPS) is 16.7. The van der Waals surface area contributed by atoms with Gasteiger partial charge in [-0.1, -0.05) is 35.9 Å². The van der Waals surface area contributed by atoms with E-state index in [1.165, 1.54) is 34.6 Å². The molecule has 0 atom stereocenters. The summed E-state index contributed by atoms with van der Waals surface area (Å²) in [7, 11) is -3.78. The lowest BCUT2D eigenvalue weighted by molar-refractivity contribution is -0.137. The van der Waals surface area contributed by atoms with Crippen molar-refractivity contribution in [3.05, 3.63) is 59.1 Å². The predicted octanol–water partition coefficient (Wildman–Crippen LogP) is 3.87. The molecule has 140 valence electrons. The average Bonchev–Trinajstić information content (AvgIpc) is 2.61. The summed E-state index contributed by atoms with van der Waals surface area (Å²) >= 11 is 5.98. The molecule has 2 aromatic rings. The Labute approximate surface area is 154 Å². The van der Waals surface area contributed by atoms with Gasteiger partial charge in [0.1, 0.15) is 4.90 Å². The van der Waals surface area contributed by atoms with Crippen molar-refractivity contribution in [1.29, 1.82) is 0 Å². The number of rotatable bonds is 3. The van der Waals surface area contributed by atoms with Crippen LogP contribution < -0.4 is 4.90 Å². The van der Waals surface area contributed by atoms with E-state index in [0.29, 0.717) is 0 Å². The van der Waals surface area contributed by atoms with Crippen LogP contribution in [0.2, 0.25) is 5.02 Å². The molecule has 1 fully saturated rings. The number of sulfonamides is 1. The quantitative estimate of drug-likeness (QED) is 0.779. The minimum Gasteiger partial charge on any atom is -0.368 e. The molecule has 0 saturated carbocycles. The average molecular weight is 405 g/mol. The first-order valence-electron chi connectivity index (χ1n) is 7.87. The van der Waals surface area contributed by atoms with Gasteiger partial charge in [0.2, 0.25) is 10.0 Å². The molecule has 0 unspecified atom stereocenters. The lowest BCUT2D eigenvalue weighted by Gasteiger charge is -2.36. The summed E-state index contributed by atoms with van der Waals surface area (Å²) in [5.74, 6) is 0. The summed E-state index contributed by atoms with van der Waals surface area (Å²) in [4.78, 5) is 1.56. The van der Waals surface area contributed by atoms with E-state index in [0.717, 1.165) is 6.07 Å². The molecule has 1 aliphatic heterocycles. The Morgan fingerprint density at radius 2 is 1.46 bits per heavy atom. The minimum atomic E-state index is -4.46. The molecule has 26 heavy (non-hydrogen) atoms. The van der Waals surface area contributed by atoms with Crippen LogP contribution in [-0.2, 0) is 16.2 Å². The fraction of sp³-hybridized carbons (Fsp3) is 0.294. The molecule has 0 aliphatic carbocycles. The summed E-state index contributed by atoms with van der Waals surface area (Å²) in [6.45, 7) is 0.493. The number of para-hydroxylation sites is 1. The zero-order valence-electron chi connectivity index (χ0n) is 13.6. The fourth-order valence-electron chi connectivity index (χ4n) is 2.95. The van der Waals surface area contributed by atoms with Crippen LogP contribution >= 0.6 is 11.6 Å². The smallest absolute Gasteiger partial charge is 0.368 e. The first-order valence-corrected chi connectivity index (χ1v) is 9.69. The van der Waals surface area contributed by atoms with E-state index in [2.05, 4.69) is 0 Å². The number of nitrogens with zero attached hydrogens (tertiary/aromatic N) is 2. The van der Waals surface area contributed by atoms with Crippen molar-refractivity contribution < 1.29 is 21.6 Å². The molecule has 0 amide bonds. The molecule has 1 aliphatic rings. The van der Waals surface area contributed by atoms with Crippen LogP contribution in [0.5, 0.6) is 0 Å². The van der Waals surface area contributed by atoms with Gasteiger partial charge in [-0.2, -0.15) is 17.5 Å². The molecule has 0 radical (unpaired) electrons. The van der Waals surface area contributed by atoms with Crippen LogP contribution in [-0.4, -0.2) is 38.9 Å². The van der Waals surface area contributed by atoms with E-state index in [1.807, 2.05) is 0 Å².